The fourth-order valence-corrected chi connectivity index (χ4v) is 3.43. The number of rotatable bonds is 7. The van der Waals surface area contributed by atoms with Crippen LogP contribution in [0.15, 0.2) is 40.9 Å². The lowest BCUT2D eigenvalue weighted by molar-refractivity contribution is 0.170. The number of hydrogen-bond donors (Lipinski definition) is 1. The molecule has 1 heterocycles. The third-order valence-electron chi connectivity index (χ3n) is 4.35. The molecule has 0 aliphatic heterocycles. The van der Waals surface area contributed by atoms with Crippen LogP contribution in [0.4, 0.5) is 16.3 Å². The highest BCUT2D eigenvalue weighted by atomic mass is 32.2. The molecule has 0 saturated heterocycles. The molecule has 1 atom stereocenters. The molecular weight excluding hydrogens is 398 g/mol. The van der Waals surface area contributed by atoms with Crippen molar-refractivity contribution in [2.24, 2.45) is 0 Å². The number of benzene rings is 2. The van der Waals surface area contributed by atoms with E-state index in [0.717, 1.165) is 21.9 Å². The van der Waals surface area contributed by atoms with E-state index in [2.05, 4.69) is 15.2 Å². The first kappa shape index (κ1) is 20.6. The van der Waals surface area contributed by atoms with Gasteiger partial charge in [-0.1, -0.05) is 24.2 Å². The van der Waals surface area contributed by atoms with Crippen LogP contribution in [0.5, 0.6) is 5.75 Å². The maximum absolute atomic E-state index is 12.2. The number of alkyl carbamates (subject to hydrolysis) is 1. The van der Waals surface area contributed by atoms with Crippen molar-refractivity contribution in [3.63, 3.8) is 0 Å². The second-order valence-corrected chi connectivity index (χ2v) is 6.85. The molecule has 9 nitrogen and oxygen atoms in total. The number of nitrogens with one attached hydrogen (secondary N) is 1. The molecule has 3 aromatic rings. The Balaban J connectivity index is 2.08. The minimum absolute atomic E-state index is 0.0970. The summed E-state index contributed by atoms with van der Waals surface area (Å²) in [7, 11) is 2.74. The highest BCUT2D eigenvalue weighted by molar-refractivity contribution is 7.81. The second kappa shape index (κ2) is 8.93. The number of carbonyl (C=O) groups excluding carboxylic acids is 1. The van der Waals surface area contributed by atoms with Gasteiger partial charge in [0, 0.05) is 6.54 Å². The SMILES string of the molecule is CCc1ccc(OC)c(N(c2noc3ccc(CNC(=O)OC)cc23)S(=O)[O-])c1. The molecule has 0 aliphatic rings. The molecule has 0 spiro atoms. The van der Waals surface area contributed by atoms with E-state index in [1.165, 1.54) is 14.2 Å². The molecule has 154 valence electrons. The van der Waals surface area contributed by atoms with Gasteiger partial charge in [0.2, 0.25) is 0 Å². The predicted octanol–water partition coefficient (Wildman–Crippen LogP) is 3.19. The zero-order valence-corrected chi connectivity index (χ0v) is 16.9. The van der Waals surface area contributed by atoms with Crippen molar-refractivity contribution in [1.29, 1.82) is 0 Å². The van der Waals surface area contributed by atoms with Gasteiger partial charge in [0.25, 0.3) is 0 Å². The summed E-state index contributed by atoms with van der Waals surface area (Å²) < 4.78 is 40.6. The van der Waals surface area contributed by atoms with Gasteiger partial charge in [0.1, 0.15) is 5.75 Å². The van der Waals surface area contributed by atoms with Gasteiger partial charge in [-0.3, -0.25) is 4.21 Å². The predicted molar refractivity (Wildman–Crippen MR) is 107 cm³/mol. The van der Waals surface area contributed by atoms with Crippen molar-refractivity contribution in [2.45, 2.75) is 19.9 Å². The summed E-state index contributed by atoms with van der Waals surface area (Å²) in [6.07, 6.45) is 0.151. The average molecular weight is 418 g/mol. The number of ether oxygens (including phenoxy) is 2. The largest absolute Gasteiger partial charge is 0.755 e. The van der Waals surface area contributed by atoms with E-state index < -0.39 is 17.4 Å². The van der Waals surface area contributed by atoms with Gasteiger partial charge < -0.3 is 23.9 Å². The lowest BCUT2D eigenvalue weighted by atomic mass is 10.1. The summed E-state index contributed by atoms with van der Waals surface area (Å²) in [5, 5.41) is 7.02. The number of aryl methyl sites for hydroxylation is 1. The van der Waals surface area contributed by atoms with Crippen LogP contribution in [0.2, 0.25) is 0 Å². The average Bonchev–Trinajstić information content (AvgIpc) is 3.14. The first-order valence-electron chi connectivity index (χ1n) is 8.75. The maximum atomic E-state index is 12.2. The van der Waals surface area contributed by atoms with Crippen molar-refractivity contribution in [3.05, 3.63) is 47.5 Å². The topological polar surface area (TPSA) is 117 Å². The van der Waals surface area contributed by atoms with Crippen molar-refractivity contribution in [1.82, 2.24) is 10.5 Å². The highest BCUT2D eigenvalue weighted by Gasteiger charge is 2.22. The number of hydrogen-bond acceptors (Lipinski definition) is 7. The van der Waals surface area contributed by atoms with E-state index >= 15 is 0 Å². The fourth-order valence-electron chi connectivity index (χ4n) is 2.86. The monoisotopic (exact) mass is 418 g/mol. The van der Waals surface area contributed by atoms with Crippen molar-refractivity contribution >= 4 is 39.8 Å². The smallest absolute Gasteiger partial charge is 0.407 e. The summed E-state index contributed by atoms with van der Waals surface area (Å²) in [6.45, 7) is 2.17. The van der Waals surface area contributed by atoms with Crippen molar-refractivity contribution < 1.29 is 27.6 Å². The van der Waals surface area contributed by atoms with Crippen LogP contribution in [0.3, 0.4) is 0 Å². The van der Waals surface area contributed by atoms with Gasteiger partial charge in [0.15, 0.2) is 11.4 Å². The van der Waals surface area contributed by atoms with E-state index in [1.54, 1.807) is 30.3 Å². The second-order valence-electron chi connectivity index (χ2n) is 6.05. The number of nitrogens with zero attached hydrogens (tertiary/aromatic N) is 2. The van der Waals surface area contributed by atoms with Crippen LogP contribution in [0.1, 0.15) is 18.1 Å². The minimum Gasteiger partial charge on any atom is -0.755 e. The van der Waals surface area contributed by atoms with Gasteiger partial charge in [0.05, 0.1) is 36.6 Å². The maximum Gasteiger partial charge on any atom is 0.407 e. The fraction of sp³-hybridized carbons (Fsp3) is 0.263. The molecule has 1 amide bonds. The van der Waals surface area contributed by atoms with E-state index in [-0.39, 0.29) is 12.4 Å². The summed E-state index contributed by atoms with van der Waals surface area (Å²) in [6, 6.07) is 10.4. The van der Waals surface area contributed by atoms with E-state index in [9.17, 15) is 13.6 Å². The molecular formula is C19H20N3O6S-. The Bertz CT molecular complexity index is 1050. The van der Waals surface area contributed by atoms with Crippen LogP contribution >= 0.6 is 0 Å². The Morgan fingerprint density at radius 1 is 1.24 bits per heavy atom. The van der Waals surface area contributed by atoms with Crippen LogP contribution in [-0.2, 0) is 29.0 Å². The van der Waals surface area contributed by atoms with Crippen LogP contribution in [-0.4, -0.2) is 34.2 Å². The Hall–Kier alpha value is -3.11. The highest BCUT2D eigenvalue weighted by Crippen LogP contribution is 2.38. The van der Waals surface area contributed by atoms with Gasteiger partial charge in [-0.05, 0) is 41.8 Å². The summed E-state index contributed by atoms with van der Waals surface area (Å²) in [4.78, 5) is 11.3. The molecule has 0 fully saturated rings. The first-order valence-corrected chi connectivity index (χ1v) is 9.78. The van der Waals surface area contributed by atoms with E-state index in [1.807, 2.05) is 13.0 Å². The first-order chi connectivity index (χ1) is 14.0. The molecule has 1 unspecified atom stereocenters. The van der Waals surface area contributed by atoms with Crippen LogP contribution < -0.4 is 14.4 Å². The molecule has 29 heavy (non-hydrogen) atoms. The molecule has 0 bridgehead atoms. The summed E-state index contributed by atoms with van der Waals surface area (Å²) in [5.74, 6) is 0.478. The third-order valence-corrected chi connectivity index (χ3v) is 5.02. The standard InChI is InChI=1S/C19H21N3O6S/c1-4-12-5-8-17(26-2)15(10-12)22(29(24)25)18-14-9-13(11-20-19(23)27-3)6-7-16(14)28-21-18/h5-10H,4,11H2,1-3H3,(H,20,23)(H,24,25)/p-1. The van der Waals surface area contributed by atoms with Gasteiger partial charge >= 0.3 is 6.09 Å². The Labute approximate surface area is 170 Å². The van der Waals surface area contributed by atoms with Gasteiger partial charge in [-0.25, -0.2) is 9.10 Å². The van der Waals surface area contributed by atoms with Crippen molar-refractivity contribution in [2.75, 3.05) is 18.5 Å². The van der Waals surface area contributed by atoms with E-state index in [0.29, 0.717) is 22.4 Å². The minimum atomic E-state index is -2.69. The zero-order valence-electron chi connectivity index (χ0n) is 16.1. The molecule has 0 radical (unpaired) electrons. The lowest BCUT2D eigenvalue weighted by Gasteiger charge is -2.26. The number of methoxy groups -OCH3 is 2. The van der Waals surface area contributed by atoms with Gasteiger partial charge in [-0.2, -0.15) is 0 Å². The van der Waals surface area contributed by atoms with Crippen LogP contribution in [0.25, 0.3) is 11.0 Å². The number of carbonyl (C=O) groups is 1. The molecule has 0 aliphatic carbocycles. The molecule has 1 N–H and O–H groups in total. The van der Waals surface area contributed by atoms with Gasteiger partial charge in [-0.15, -0.1) is 0 Å². The normalized spacial score (nSPS) is 11.9. The molecule has 1 aromatic heterocycles. The number of fused-ring (bicyclic) bond motifs is 1. The Morgan fingerprint density at radius 2 is 2.00 bits per heavy atom. The van der Waals surface area contributed by atoms with Crippen molar-refractivity contribution in [3.8, 4) is 5.75 Å². The third kappa shape index (κ3) is 4.33. The zero-order chi connectivity index (χ0) is 21.0. The molecule has 2 aromatic carbocycles. The molecule has 10 heteroatoms. The number of aromatic nitrogens is 1. The lowest BCUT2D eigenvalue weighted by Crippen LogP contribution is -2.22. The quantitative estimate of drug-likeness (QED) is 0.586. The summed E-state index contributed by atoms with van der Waals surface area (Å²) in [5.41, 5.74) is 2.39. The van der Waals surface area contributed by atoms with E-state index in [4.69, 9.17) is 9.26 Å². The Morgan fingerprint density at radius 3 is 2.66 bits per heavy atom. The number of anilines is 2. The number of amides is 1. The van der Waals surface area contributed by atoms with Crippen LogP contribution in [0, 0.1) is 0 Å². The molecule has 0 saturated carbocycles. The Kier molecular flexibility index (Phi) is 6.35. The summed E-state index contributed by atoms with van der Waals surface area (Å²) >= 11 is -2.69. The molecule has 3 rings (SSSR count).